The van der Waals surface area contributed by atoms with Gasteiger partial charge in [0.15, 0.2) is 6.10 Å². The summed E-state index contributed by atoms with van der Waals surface area (Å²) in [6.07, 6.45) is 0.355. The Bertz CT molecular complexity index is 1340. The molecule has 1 aromatic carbocycles. The molecule has 176 valence electrons. The van der Waals surface area contributed by atoms with Gasteiger partial charge in [0.05, 0.1) is 17.1 Å². The van der Waals surface area contributed by atoms with E-state index in [1.54, 1.807) is 24.7 Å². The number of hydrogen-bond acceptors (Lipinski definition) is 5. The molecule has 3 aromatic rings. The summed E-state index contributed by atoms with van der Waals surface area (Å²) in [6, 6.07) is 11.1. The van der Waals surface area contributed by atoms with E-state index in [0.29, 0.717) is 22.0 Å². The van der Waals surface area contributed by atoms with Gasteiger partial charge in [-0.2, -0.15) is 10.4 Å². The summed E-state index contributed by atoms with van der Waals surface area (Å²) in [7, 11) is 1.77. The predicted molar refractivity (Wildman–Crippen MR) is 131 cm³/mol. The van der Waals surface area contributed by atoms with Gasteiger partial charge in [-0.1, -0.05) is 17.7 Å². The van der Waals surface area contributed by atoms with Crippen molar-refractivity contribution in [2.75, 3.05) is 5.32 Å². The first kappa shape index (κ1) is 24.8. The molecule has 0 spiro atoms. The summed E-state index contributed by atoms with van der Waals surface area (Å²) in [5.41, 5.74) is 5.08. The maximum absolute atomic E-state index is 12.7. The number of halogens is 1. The highest BCUT2D eigenvalue weighted by molar-refractivity contribution is 6.30. The number of carbonyl (C=O) groups excluding carboxylic acids is 2. The highest BCUT2D eigenvalue weighted by Crippen LogP contribution is 2.25. The van der Waals surface area contributed by atoms with E-state index in [1.807, 2.05) is 55.7 Å². The first-order chi connectivity index (χ1) is 16.0. The van der Waals surface area contributed by atoms with E-state index >= 15 is 0 Å². The molecule has 0 fully saturated rings. The van der Waals surface area contributed by atoms with Gasteiger partial charge in [0, 0.05) is 29.1 Å². The van der Waals surface area contributed by atoms with Crippen LogP contribution in [0, 0.1) is 39.0 Å². The lowest BCUT2D eigenvalue weighted by Gasteiger charge is -2.13. The molecule has 2 aromatic heterocycles. The molecule has 1 unspecified atom stereocenters. The summed E-state index contributed by atoms with van der Waals surface area (Å²) in [4.78, 5) is 25.2. The number of aryl methyl sites for hydroxylation is 3. The van der Waals surface area contributed by atoms with Gasteiger partial charge in [-0.05, 0) is 70.5 Å². The van der Waals surface area contributed by atoms with Crippen LogP contribution in [0.2, 0.25) is 5.02 Å². The summed E-state index contributed by atoms with van der Waals surface area (Å²) in [5.74, 6) is -1.39. The molecule has 8 nitrogen and oxygen atoms in total. The van der Waals surface area contributed by atoms with Gasteiger partial charge in [-0.25, -0.2) is 4.79 Å². The fourth-order valence-electron chi connectivity index (χ4n) is 3.70. The van der Waals surface area contributed by atoms with Crippen LogP contribution >= 0.6 is 11.6 Å². The van der Waals surface area contributed by atoms with Crippen LogP contribution in [-0.2, 0) is 21.4 Å². The predicted octanol–water partition coefficient (Wildman–Crippen LogP) is 4.58. The molecule has 9 heteroatoms. The lowest BCUT2D eigenvalue weighted by atomic mass is 10.1. The SMILES string of the molecule is Cc1nn(C)c(C)c1NC(=O)C(C)OC(=O)/C(C#N)=C\c1cc(C)n(-c2cccc(Cl)c2)c1C. The molecular weight excluding hydrogens is 454 g/mol. The third-order valence-corrected chi connectivity index (χ3v) is 5.82. The number of nitriles is 1. The Morgan fingerprint density at radius 2 is 1.91 bits per heavy atom. The van der Waals surface area contributed by atoms with Crippen LogP contribution < -0.4 is 5.32 Å². The third kappa shape index (κ3) is 5.05. The number of nitrogens with zero attached hydrogens (tertiary/aromatic N) is 4. The maximum Gasteiger partial charge on any atom is 0.349 e. The highest BCUT2D eigenvalue weighted by Gasteiger charge is 2.23. The largest absolute Gasteiger partial charge is 0.448 e. The van der Waals surface area contributed by atoms with Crippen molar-refractivity contribution in [1.29, 1.82) is 5.26 Å². The monoisotopic (exact) mass is 479 g/mol. The van der Waals surface area contributed by atoms with Crippen LogP contribution in [0.4, 0.5) is 5.69 Å². The zero-order valence-electron chi connectivity index (χ0n) is 19.9. The van der Waals surface area contributed by atoms with Crippen molar-refractivity contribution in [3.8, 4) is 11.8 Å². The minimum atomic E-state index is -1.11. The van der Waals surface area contributed by atoms with Crippen molar-refractivity contribution in [1.82, 2.24) is 14.3 Å². The van der Waals surface area contributed by atoms with E-state index in [9.17, 15) is 14.9 Å². The average molecular weight is 480 g/mol. The minimum Gasteiger partial charge on any atom is -0.448 e. The number of hydrogen-bond donors (Lipinski definition) is 1. The van der Waals surface area contributed by atoms with E-state index in [4.69, 9.17) is 16.3 Å². The fraction of sp³-hybridized carbons (Fsp3) is 0.280. The third-order valence-electron chi connectivity index (χ3n) is 5.59. The Labute approximate surface area is 203 Å². The molecule has 0 aliphatic carbocycles. The standard InChI is InChI=1S/C25H26ClN5O3/c1-14-10-19(16(3)31(14)22-9-7-8-21(26)12-22)11-20(13-27)25(33)34-18(5)24(32)28-23-15(2)29-30(6)17(23)4/h7-12,18H,1-6H3,(H,28,32)/b20-11-. The van der Waals surface area contributed by atoms with Crippen molar-refractivity contribution < 1.29 is 14.3 Å². The summed E-state index contributed by atoms with van der Waals surface area (Å²) >= 11 is 6.13. The average Bonchev–Trinajstić information content (AvgIpc) is 3.19. The van der Waals surface area contributed by atoms with Crippen LogP contribution in [0.3, 0.4) is 0 Å². The van der Waals surface area contributed by atoms with Crippen LogP contribution in [0.15, 0.2) is 35.9 Å². The normalized spacial score (nSPS) is 12.2. The Morgan fingerprint density at radius 1 is 1.21 bits per heavy atom. The van der Waals surface area contributed by atoms with Gasteiger partial charge in [0.2, 0.25) is 0 Å². The van der Waals surface area contributed by atoms with Crippen molar-refractivity contribution in [2.24, 2.45) is 7.05 Å². The smallest absolute Gasteiger partial charge is 0.349 e. The first-order valence-electron chi connectivity index (χ1n) is 10.6. The summed E-state index contributed by atoms with van der Waals surface area (Å²) < 4.78 is 8.91. The lowest BCUT2D eigenvalue weighted by Crippen LogP contribution is -2.30. The van der Waals surface area contributed by atoms with Crippen molar-refractivity contribution in [3.05, 3.63) is 69.3 Å². The second-order valence-corrected chi connectivity index (χ2v) is 8.45. The number of aromatic nitrogens is 3. The molecule has 0 aliphatic heterocycles. The Morgan fingerprint density at radius 3 is 2.50 bits per heavy atom. The number of carbonyl (C=O) groups is 2. The van der Waals surface area contributed by atoms with Crippen LogP contribution in [-0.4, -0.2) is 32.3 Å². The zero-order valence-corrected chi connectivity index (χ0v) is 20.7. The molecule has 1 atom stereocenters. The fourth-order valence-corrected chi connectivity index (χ4v) is 3.88. The van der Waals surface area contributed by atoms with E-state index in [1.165, 1.54) is 13.0 Å². The van der Waals surface area contributed by atoms with E-state index in [-0.39, 0.29) is 5.57 Å². The molecule has 2 heterocycles. The van der Waals surface area contributed by atoms with E-state index in [2.05, 4.69) is 10.4 Å². The second kappa shape index (κ2) is 9.98. The number of esters is 1. The Balaban J connectivity index is 1.79. The van der Waals surface area contributed by atoms with Gasteiger partial charge in [0.1, 0.15) is 11.6 Å². The van der Waals surface area contributed by atoms with Gasteiger partial charge >= 0.3 is 5.97 Å². The maximum atomic E-state index is 12.7. The van der Waals surface area contributed by atoms with E-state index < -0.39 is 18.0 Å². The van der Waals surface area contributed by atoms with Gasteiger partial charge < -0.3 is 14.6 Å². The first-order valence-corrected chi connectivity index (χ1v) is 11.0. The second-order valence-electron chi connectivity index (χ2n) is 8.02. The van der Waals surface area contributed by atoms with Gasteiger partial charge in [-0.15, -0.1) is 0 Å². The Hall–Kier alpha value is -3.83. The topological polar surface area (TPSA) is 102 Å². The van der Waals surface area contributed by atoms with E-state index in [0.717, 1.165) is 22.8 Å². The van der Waals surface area contributed by atoms with Crippen LogP contribution in [0.1, 0.15) is 35.3 Å². The number of benzene rings is 1. The van der Waals surface area contributed by atoms with Gasteiger partial charge in [-0.3, -0.25) is 9.48 Å². The molecule has 1 N–H and O–H groups in total. The number of anilines is 1. The molecule has 0 radical (unpaired) electrons. The lowest BCUT2D eigenvalue weighted by molar-refractivity contribution is -0.148. The van der Waals surface area contributed by atoms with Crippen LogP contribution in [0.5, 0.6) is 0 Å². The van der Waals surface area contributed by atoms with Crippen molar-refractivity contribution in [3.63, 3.8) is 0 Å². The molecular formula is C25H26ClN5O3. The molecule has 34 heavy (non-hydrogen) atoms. The molecule has 0 aliphatic rings. The zero-order chi connectivity index (χ0) is 25.2. The van der Waals surface area contributed by atoms with Crippen LogP contribution in [0.25, 0.3) is 11.8 Å². The Kier molecular flexibility index (Phi) is 7.28. The number of ether oxygens (including phenoxy) is 1. The molecule has 0 saturated heterocycles. The molecule has 1 amide bonds. The summed E-state index contributed by atoms with van der Waals surface area (Å²) in [5, 5.41) is 17.2. The quantitative estimate of drug-likeness (QED) is 0.317. The van der Waals surface area contributed by atoms with Gasteiger partial charge in [0.25, 0.3) is 5.91 Å². The molecule has 0 saturated carbocycles. The van der Waals surface area contributed by atoms with Crippen molar-refractivity contribution >= 4 is 35.2 Å². The molecule has 3 rings (SSSR count). The molecule has 0 bridgehead atoms. The highest BCUT2D eigenvalue weighted by atomic mass is 35.5. The number of nitrogens with one attached hydrogen (secondary N) is 1. The summed E-state index contributed by atoms with van der Waals surface area (Å²) in [6.45, 7) is 8.85. The van der Waals surface area contributed by atoms with Crippen molar-refractivity contribution in [2.45, 2.75) is 40.7 Å². The minimum absolute atomic E-state index is 0.209. The number of rotatable bonds is 6. The number of amides is 1.